The summed E-state index contributed by atoms with van der Waals surface area (Å²) >= 11 is 0. The zero-order valence-corrected chi connectivity index (χ0v) is 73.4. The van der Waals surface area contributed by atoms with E-state index in [1.807, 2.05) is 169 Å². The number of alkyl halides is 2. The number of rotatable bonds is 24. The van der Waals surface area contributed by atoms with Crippen LogP contribution in [0, 0.1) is 0 Å². The minimum Gasteiger partial charge on any atom is -0.491 e. The summed E-state index contributed by atoms with van der Waals surface area (Å²) in [6.07, 6.45) is 11.5. The molecule has 0 aliphatic carbocycles. The van der Waals surface area contributed by atoms with E-state index in [9.17, 15) is 34.0 Å². The van der Waals surface area contributed by atoms with Crippen LogP contribution in [0.1, 0.15) is 51.4 Å². The van der Waals surface area contributed by atoms with Crippen LogP contribution in [0.4, 0.5) is 26.1 Å². The molecule has 16 aromatic rings. The van der Waals surface area contributed by atoms with Gasteiger partial charge in [-0.15, -0.1) is 0 Å². The number of halogens is 2. The average molecular weight is 1730 g/mol. The van der Waals surface area contributed by atoms with E-state index >= 15 is 0 Å². The number of aliphatic hydroxyl groups is 4. The van der Waals surface area contributed by atoms with Crippen molar-refractivity contribution in [2.75, 3.05) is 94.1 Å². The fraction of sp³-hybridized carbons (Fsp3) is 0.279. The van der Waals surface area contributed by atoms with Crippen molar-refractivity contribution in [3.8, 4) is 50.3 Å². The highest BCUT2D eigenvalue weighted by molar-refractivity contribution is 5.93. The Hall–Kier alpha value is -13.2. The van der Waals surface area contributed by atoms with E-state index in [2.05, 4.69) is 170 Å². The number of fused-ring (bicyclic) bond motifs is 8. The summed E-state index contributed by atoms with van der Waals surface area (Å²) in [6, 6.07) is 80.6. The molecule has 0 fully saturated rings. The van der Waals surface area contributed by atoms with Crippen molar-refractivity contribution in [3.63, 3.8) is 0 Å². The van der Waals surface area contributed by atoms with Gasteiger partial charge in [-0.3, -0.25) is 24.4 Å². The number of imidazole rings is 4. The van der Waals surface area contributed by atoms with E-state index in [0.717, 1.165) is 164 Å². The summed E-state index contributed by atoms with van der Waals surface area (Å²) in [4.78, 5) is 49.1. The van der Waals surface area contributed by atoms with E-state index < -0.39 is 36.9 Å². The van der Waals surface area contributed by atoms with Crippen LogP contribution in [-0.2, 0) is 84.3 Å². The largest absolute Gasteiger partial charge is 0.491 e. The fourth-order valence-corrected chi connectivity index (χ4v) is 17.9. The van der Waals surface area contributed by atoms with Gasteiger partial charge in [-0.2, -0.15) is 8.78 Å². The first kappa shape index (κ1) is 87.8. The highest BCUT2D eigenvalue weighted by Crippen LogP contribution is 2.38. The molecule has 10 aromatic carbocycles. The van der Waals surface area contributed by atoms with Crippen LogP contribution >= 0.6 is 0 Å². The number of hydrogen-bond donors (Lipinski definition) is 6. The number of nitrogens with zero attached hydrogens (tertiary/aromatic N) is 15. The summed E-state index contributed by atoms with van der Waals surface area (Å²) in [5.74, 6) is -0.858. The van der Waals surface area contributed by atoms with Gasteiger partial charge in [-0.25, -0.2) is 29.9 Å². The van der Waals surface area contributed by atoms with Gasteiger partial charge < -0.3 is 59.0 Å². The topological polar surface area (TPSA) is 245 Å². The van der Waals surface area contributed by atoms with Gasteiger partial charge in [0.15, 0.2) is 0 Å². The molecule has 6 N–H and O–H groups in total. The van der Waals surface area contributed by atoms with Crippen LogP contribution < -0.4 is 20.3 Å². The molecule has 4 atom stereocenters. The predicted octanol–water partition coefficient (Wildman–Crippen LogP) is 15.5. The minimum absolute atomic E-state index is 0.0218. The first-order valence-electron chi connectivity index (χ1n) is 44.1. The van der Waals surface area contributed by atoms with Gasteiger partial charge in [0, 0.05) is 144 Å². The molecule has 0 saturated heterocycles. The molecule has 6 aromatic heterocycles. The van der Waals surface area contributed by atoms with Crippen molar-refractivity contribution in [2.24, 2.45) is 28.2 Å². The zero-order chi connectivity index (χ0) is 89.1. The Morgan fingerprint density at radius 2 is 0.760 bits per heavy atom. The minimum atomic E-state index is -2.93. The first-order chi connectivity index (χ1) is 62.7. The van der Waals surface area contributed by atoms with E-state index in [4.69, 9.17) is 4.74 Å². The SMILES string of the molecule is CC(=O)N(CC(O)CN1CCc2ccccc2C1)c1cccc(-c2ccc3ncn(C)c3c2)c1.Cn1cnc2ccc(-c3cccc(OCC(O)CN4Cc5ccccc5C(F)(F)C4)c3)cc21.Cn1cnc2ccc(-c3ccnc(NC[C@@H](O)CN4CCc5ccccc5C4)c3)cc21.Cn1cnc2ccc(-c3ccnc(NC[C@H](O)CN4CCc5ccccc5C4)c3)cc21. The highest BCUT2D eigenvalue weighted by Gasteiger charge is 2.40. The number of aromatic nitrogens is 10. The smallest absolute Gasteiger partial charge is 0.285 e. The standard InChI is InChI=1S/C28H30N4O2.C26H25F2N3O2.2C25H27N5O/c1-20(33)32(18-26(34)17-31-13-12-21-6-3-4-7-24(21)16-31)25-9-5-8-22(14-25)23-10-11-27-28(15-23)30(2)19-29-27;1-30-17-29-24-10-9-19(12-25(24)30)18-6-4-7-22(11-18)33-15-21(32)14-31-13-20-5-2-3-8-23(20)26(27,28)16-31;2*1-29-17-28-23-7-6-19(12-24(23)29)20-8-10-26-25(13-20)27-14-22(31)16-30-11-9-18-4-2-3-5-21(18)15-30/h3-11,14-15,19,26,34H,12-13,16-18H2,1-2H3;2-12,17,21,32H,13-16H2,1H3;2*2-8,10,12-13,17,22,31H,9,11,14-16H2,1H3,(H,26,27)/t;;2*22-/m..10/s1. The first-order valence-corrected chi connectivity index (χ1v) is 44.1. The number of aliphatic hydroxyl groups excluding tert-OH is 4. The Kier molecular flexibility index (Phi) is 27.2. The van der Waals surface area contributed by atoms with Crippen LogP contribution in [0.25, 0.3) is 88.6 Å². The van der Waals surface area contributed by atoms with Crippen molar-refractivity contribution in [3.05, 3.63) is 325 Å². The number of carbonyl (C=O) groups is 1. The van der Waals surface area contributed by atoms with Gasteiger partial charge in [0.25, 0.3) is 5.92 Å². The van der Waals surface area contributed by atoms with Crippen LogP contribution in [0.5, 0.6) is 5.75 Å². The van der Waals surface area contributed by atoms with E-state index in [-0.39, 0.29) is 31.2 Å². The molecular formula is C104H109F2N17O6. The molecule has 23 nitrogen and oxygen atoms in total. The number of nitrogens with one attached hydrogen (secondary N) is 2. The van der Waals surface area contributed by atoms with Crippen molar-refractivity contribution in [1.82, 2.24) is 67.8 Å². The van der Waals surface area contributed by atoms with Gasteiger partial charge >= 0.3 is 0 Å². The lowest BCUT2D eigenvalue weighted by molar-refractivity contribution is -0.117. The van der Waals surface area contributed by atoms with Gasteiger partial charge in [0.05, 0.1) is 101 Å². The van der Waals surface area contributed by atoms with Gasteiger partial charge in [-0.1, -0.05) is 146 Å². The molecule has 660 valence electrons. The monoisotopic (exact) mass is 1730 g/mol. The van der Waals surface area contributed by atoms with Crippen molar-refractivity contribution < 1.29 is 38.7 Å². The van der Waals surface area contributed by atoms with Gasteiger partial charge in [0.1, 0.15) is 30.1 Å². The third kappa shape index (κ3) is 21.6. The molecule has 0 bridgehead atoms. The highest BCUT2D eigenvalue weighted by atomic mass is 19.3. The number of anilines is 3. The summed E-state index contributed by atoms with van der Waals surface area (Å²) in [5, 5.41) is 49.1. The Balaban J connectivity index is 0.000000121. The Bertz CT molecular complexity index is 6400. The molecule has 2 unspecified atom stereocenters. The summed E-state index contributed by atoms with van der Waals surface area (Å²) < 4.78 is 42.8. The maximum atomic E-state index is 14.5. The summed E-state index contributed by atoms with van der Waals surface area (Å²) in [5.41, 5.74) is 26.4. The third-order valence-electron chi connectivity index (χ3n) is 24.7. The normalized spacial score (nSPS) is 15.3. The number of benzene rings is 10. The number of ether oxygens (including phenoxy) is 1. The molecule has 4 aliphatic rings. The lowest BCUT2D eigenvalue weighted by Crippen LogP contribution is -2.44. The Labute approximate surface area is 749 Å². The maximum absolute atomic E-state index is 14.5. The summed E-state index contributed by atoms with van der Waals surface area (Å²) in [6.45, 7) is 10.2. The second-order valence-corrected chi connectivity index (χ2v) is 34.3. The number of pyridine rings is 2. The number of amides is 1. The van der Waals surface area contributed by atoms with Crippen molar-refractivity contribution in [1.29, 1.82) is 0 Å². The molecule has 20 rings (SSSR count). The number of β-amino-alcohol motifs (C(OH)–C–C–N with tert-alkyl or cyclic N) is 4. The number of hydrogen-bond acceptors (Lipinski definition) is 18. The average Bonchev–Trinajstić information content (AvgIpc) is 1.66. The van der Waals surface area contributed by atoms with E-state index in [1.165, 1.54) is 39.4 Å². The van der Waals surface area contributed by atoms with Gasteiger partial charge in [-0.05, 0) is 200 Å². The predicted molar refractivity (Wildman–Crippen MR) is 507 cm³/mol. The molecule has 0 saturated carbocycles. The lowest BCUT2D eigenvalue weighted by atomic mass is 9.96. The second-order valence-electron chi connectivity index (χ2n) is 34.3. The molecule has 0 radical (unpaired) electrons. The second kappa shape index (κ2) is 40.0. The molecule has 4 aliphatic heterocycles. The summed E-state index contributed by atoms with van der Waals surface area (Å²) in [7, 11) is 7.94. The zero-order valence-electron chi connectivity index (χ0n) is 73.4. The van der Waals surface area contributed by atoms with Crippen molar-refractivity contribution >= 4 is 67.4 Å². The molecule has 0 spiro atoms. The molecular weight excluding hydrogens is 1620 g/mol. The van der Waals surface area contributed by atoms with Crippen molar-refractivity contribution in [2.45, 2.75) is 82.7 Å². The maximum Gasteiger partial charge on any atom is 0.285 e. The fourth-order valence-electron chi connectivity index (χ4n) is 17.9. The Morgan fingerprint density at radius 3 is 1.19 bits per heavy atom. The van der Waals surface area contributed by atoms with Gasteiger partial charge in [0.2, 0.25) is 5.91 Å². The van der Waals surface area contributed by atoms with Crippen LogP contribution in [0.2, 0.25) is 0 Å². The van der Waals surface area contributed by atoms with Crippen LogP contribution in [0.3, 0.4) is 0 Å². The molecule has 10 heterocycles. The molecule has 1 amide bonds. The van der Waals surface area contributed by atoms with Crippen LogP contribution in [0.15, 0.2) is 280 Å². The number of aryl methyl sites for hydroxylation is 4. The lowest BCUT2D eigenvalue weighted by Gasteiger charge is -2.35. The number of carbonyl (C=O) groups excluding carboxylic acids is 1. The molecule has 129 heavy (non-hydrogen) atoms. The van der Waals surface area contributed by atoms with E-state index in [1.54, 1.807) is 53.6 Å². The quantitative estimate of drug-likeness (QED) is 0.0329. The molecule has 25 heteroatoms. The van der Waals surface area contributed by atoms with E-state index in [0.29, 0.717) is 50.6 Å². The van der Waals surface area contributed by atoms with Crippen LogP contribution in [-0.4, -0.2) is 197 Å². The third-order valence-corrected chi connectivity index (χ3v) is 24.7. The Morgan fingerprint density at radius 1 is 0.395 bits per heavy atom.